The number of hydrogen-bond donors (Lipinski definition) is 3. The second-order valence-corrected chi connectivity index (χ2v) is 7.72. The summed E-state index contributed by atoms with van der Waals surface area (Å²) >= 11 is 0. The number of aliphatic hydroxyl groups is 1. The predicted octanol–water partition coefficient (Wildman–Crippen LogP) is 0.897. The van der Waals surface area contributed by atoms with Crippen molar-refractivity contribution in [3.05, 3.63) is 0 Å². The summed E-state index contributed by atoms with van der Waals surface area (Å²) in [5.74, 6) is 1.37. The van der Waals surface area contributed by atoms with E-state index in [1.54, 1.807) is 0 Å². The Bertz CT molecular complexity index is 446. The number of nitrogens with one attached hydrogen (secondary N) is 2. The standard InChI is InChI=1S/C17H31N3O3/c1-4-18-15(19-11-17(21)6-9-22-10-7-17)20-13-12-5-8-23-14(12)16(13,2)3/h12-14,21H,4-11H2,1-3H3,(H2,18,19,20). The van der Waals surface area contributed by atoms with Crippen molar-refractivity contribution in [3.63, 3.8) is 0 Å². The zero-order valence-electron chi connectivity index (χ0n) is 14.6. The molecule has 1 aliphatic carbocycles. The molecule has 3 rings (SSSR count). The lowest BCUT2D eigenvalue weighted by Crippen LogP contribution is -2.68. The van der Waals surface area contributed by atoms with Crippen LogP contribution in [0.3, 0.4) is 0 Å². The minimum Gasteiger partial charge on any atom is -0.388 e. The number of nitrogens with zero attached hydrogens (tertiary/aromatic N) is 1. The smallest absolute Gasteiger partial charge is 0.191 e. The van der Waals surface area contributed by atoms with E-state index < -0.39 is 5.60 Å². The highest BCUT2D eigenvalue weighted by molar-refractivity contribution is 5.80. The van der Waals surface area contributed by atoms with E-state index in [4.69, 9.17) is 9.47 Å². The molecule has 23 heavy (non-hydrogen) atoms. The summed E-state index contributed by atoms with van der Waals surface area (Å²) in [6.07, 6.45) is 2.79. The average Bonchev–Trinajstić information content (AvgIpc) is 2.98. The molecule has 3 N–H and O–H groups in total. The highest BCUT2D eigenvalue weighted by atomic mass is 16.5. The molecule has 1 saturated carbocycles. The van der Waals surface area contributed by atoms with Crippen LogP contribution in [0.2, 0.25) is 0 Å². The Hall–Kier alpha value is -0.850. The molecule has 0 aromatic heterocycles. The van der Waals surface area contributed by atoms with Crippen LogP contribution in [0, 0.1) is 11.3 Å². The van der Waals surface area contributed by atoms with E-state index in [0.29, 0.717) is 50.7 Å². The number of hydrogen-bond acceptors (Lipinski definition) is 4. The fourth-order valence-corrected chi connectivity index (χ4v) is 4.22. The van der Waals surface area contributed by atoms with Gasteiger partial charge in [0, 0.05) is 56.6 Å². The van der Waals surface area contributed by atoms with Gasteiger partial charge in [-0.25, -0.2) is 0 Å². The molecule has 0 aromatic rings. The fraction of sp³-hybridized carbons (Fsp3) is 0.941. The minimum absolute atomic E-state index is 0.118. The lowest BCUT2D eigenvalue weighted by molar-refractivity contribution is -0.106. The Kier molecular flexibility index (Phi) is 4.85. The molecule has 6 nitrogen and oxygen atoms in total. The van der Waals surface area contributed by atoms with Gasteiger partial charge in [-0.2, -0.15) is 0 Å². The van der Waals surface area contributed by atoms with Gasteiger partial charge in [-0.05, 0) is 13.3 Å². The Morgan fingerprint density at radius 2 is 2.00 bits per heavy atom. The number of aliphatic imine (C=N–C) groups is 1. The van der Waals surface area contributed by atoms with E-state index in [0.717, 1.165) is 25.5 Å². The van der Waals surface area contributed by atoms with Crippen LogP contribution in [-0.2, 0) is 9.47 Å². The van der Waals surface area contributed by atoms with Crippen molar-refractivity contribution in [1.82, 2.24) is 10.6 Å². The highest BCUT2D eigenvalue weighted by Crippen LogP contribution is 2.52. The molecule has 0 radical (unpaired) electrons. The van der Waals surface area contributed by atoms with E-state index in [2.05, 4.69) is 36.4 Å². The van der Waals surface area contributed by atoms with Crippen LogP contribution in [0.1, 0.15) is 40.0 Å². The van der Waals surface area contributed by atoms with Gasteiger partial charge >= 0.3 is 0 Å². The molecule has 0 aromatic carbocycles. The summed E-state index contributed by atoms with van der Waals surface area (Å²) in [6, 6.07) is 0.372. The summed E-state index contributed by atoms with van der Waals surface area (Å²) in [5.41, 5.74) is -0.609. The quantitative estimate of drug-likeness (QED) is 0.529. The van der Waals surface area contributed by atoms with Crippen LogP contribution in [0.15, 0.2) is 4.99 Å². The highest BCUT2D eigenvalue weighted by Gasteiger charge is 2.59. The molecule has 0 spiro atoms. The third-order valence-corrected chi connectivity index (χ3v) is 5.69. The first-order chi connectivity index (χ1) is 11.0. The molecular weight excluding hydrogens is 294 g/mol. The van der Waals surface area contributed by atoms with Crippen molar-refractivity contribution in [1.29, 1.82) is 0 Å². The van der Waals surface area contributed by atoms with Crippen molar-refractivity contribution < 1.29 is 14.6 Å². The number of rotatable bonds is 4. The van der Waals surface area contributed by atoms with Crippen LogP contribution in [0.5, 0.6) is 0 Å². The number of guanidine groups is 1. The van der Waals surface area contributed by atoms with Crippen LogP contribution < -0.4 is 10.6 Å². The van der Waals surface area contributed by atoms with E-state index in [9.17, 15) is 5.11 Å². The maximum absolute atomic E-state index is 10.6. The number of ether oxygens (including phenoxy) is 2. The summed E-state index contributed by atoms with van der Waals surface area (Å²) in [7, 11) is 0. The lowest BCUT2D eigenvalue weighted by Gasteiger charge is -2.55. The van der Waals surface area contributed by atoms with E-state index in [1.807, 2.05) is 0 Å². The van der Waals surface area contributed by atoms with E-state index in [-0.39, 0.29) is 5.41 Å². The maximum atomic E-state index is 10.6. The van der Waals surface area contributed by atoms with Crippen LogP contribution in [0.4, 0.5) is 0 Å². The zero-order chi connectivity index (χ0) is 16.5. The van der Waals surface area contributed by atoms with Gasteiger partial charge in [-0.3, -0.25) is 4.99 Å². The molecule has 2 heterocycles. The molecule has 6 heteroatoms. The largest absolute Gasteiger partial charge is 0.388 e. The Balaban J connectivity index is 1.63. The average molecular weight is 325 g/mol. The molecule has 2 saturated heterocycles. The Morgan fingerprint density at radius 3 is 2.70 bits per heavy atom. The molecule has 3 atom stereocenters. The second-order valence-electron chi connectivity index (χ2n) is 7.72. The van der Waals surface area contributed by atoms with Gasteiger partial charge in [-0.1, -0.05) is 13.8 Å². The molecule has 3 aliphatic rings. The first kappa shape index (κ1) is 17.0. The van der Waals surface area contributed by atoms with Gasteiger partial charge in [0.1, 0.15) is 0 Å². The summed E-state index contributed by atoms with van der Waals surface area (Å²) in [5, 5.41) is 17.5. The normalized spacial score (nSPS) is 35.3. The number of fused-ring (bicyclic) bond motifs is 1. The molecule has 3 unspecified atom stereocenters. The topological polar surface area (TPSA) is 75.1 Å². The van der Waals surface area contributed by atoms with Crippen molar-refractivity contribution >= 4 is 5.96 Å². The van der Waals surface area contributed by atoms with Gasteiger partial charge in [0.2, 0.25) is 0 Å². The summed E-state index contributed by atoms with van der Waals surface area (Å²) in [4.78, 5) is 4.66. The molecule has 132 valence electrons. The third kappa shape index (κ3) is 3.35. The SMILES string of the molecule is CCNC(=NCC1(O)CCOCC1)NC1C2CCOC2C1(C)C. The molecule has 3 fully saturated rings. The Morgan fingerprint density at radius 1 is 1.26 bits per heavy atom. The zero-order valence-corrected chi connectivity index (χ0v) is 14.6. The first-order valence-electron chi connectivity index (χ1n) is 8.93. The lowest BCUT2D eigenvalue weighted by atomic mass is 9.57. The van der Waals surface area contributed by atoms with Crippen LogP contribution >= 0.6 is 0 Å². The van der Waals surface area contributed by atoms with Crippen LogP contribution in [0.25, 0.3) is 0 Å². The molecule has 0 bridgehead atoms. The predicted molar refractivity (Wildman–Crippen MR) is 89.5 cm³/mol. The van der Waals surface area contributed by atoms with Crippen molar-refractivity contribution in [3.8, 4) is 0 Å². The molecule has 2 aliphatic heterocycles. The van der Waals surface area contributed by atoms with Gasteiger partial charge < -0.3 is 25.2 Å². The third-order valence-electron chi connectivity index (χ3n) is 5.69. The van der Waals surface area contributed by atoms with Crippen molar-refractivity contribution in [2.24, 2.45) is 16.3 Å². The van der Waals surface area contributed by atoms with E-state index in [1.165, 1.54) is 0 Å². The van der Waals surface area contributed by atoms with Crippen molar-refractivity contribution in [2.45, 2.75) is 57.8 Å². The minimum atomic E-state index is -0.727. The first-order valence-corrected chi connectivity index (χ1v) is 8.93. The summed E-state index contributed by atoms with van der Waals surface area (Å²) in [6.45, 7) is 9.91. The Labute approximate surface area is 139 Å². The maximum Gasteiger partial charge on any atom is 0.191 e. The van der Waals surface area contributed by atoms with Gasteiger partial charge in [0.25, 0.3) is 0 Å². The molecular formula is C17H31N3O3. The van der Waals surface area contributed by atoms with E-state index >= 15 is 0 Å². The van der Waals surface area contributed by atoms with Crippen LogP contribution in [-0.4, -0.2) is 61.7 Å². The second kappa shape index (κ2) is 6.57. The molecule has 0 amide bonds. The monoisotopic (exact) mass is 325 g/mol. The van der Waals surface area contributed by atoms with Gasteiger partial charge in [0.05, 0.1) is 18.2 Å². The fourth-order valence-electron chi connectivity index (χ4n) is 4.22. The van der Waals surface area contributed by atoms with Gasteiger partial charge in [-0.15, -0.1) is 0 Å². The summed E-state index contributed by atoms with van der Waals surface area (Å²) < 4.78 is 11.2. The van der Waals surface area contributed by atoms with Crippen molar-refractivity contribution in [2.75, 3.05) is 32.9 Å². The van der Waals surface area contributed by atoms with Gasteiger partial charge in [0.15, 0.2) is 5.96 Å².